The first-order valence-corrected chi connectivity index (χ1v) is 7.76. The lowest BCUT2D eigenvalue weighted by molar-refractivity contribution is 0.386. The first-order chi connectivity index (χ1) is 9.78. The molecule has 2 unspecified atom stereocenters. The van der Waals surface area contributed by atoms with Gasteiger partial charge in [0.1, 0.15) is 0 Å². The smallest absolute Gasteiger partial charge is 0.0387 e. The Morgan fingerprint density at radius 2 is 1.95 bits per heavy atom. The van der Waals surface area contributed by atoms with Crippen molar-refractivity contribution in [2.24, 2.45) is 0 Å². The van der Waals surface area contributed by atoms with Crippen LogP contribution in [0.3, 0.4) is 0 Å². The summed E-state index contributed by atoms with van der Waals surface area (Å²) in [6.45, 7) is 6.77. The van der Waals surface area contributed by atoms with E-state index in [9.17, 15) is 0 Å². The van der Waals surface area contributed by atoms with Crippen LogP contribution in [0, 0.1) is 0 Å². The molecule has 3 rings (SSSR count). The molecule has 20 heavy (non-hydrogen) atoms. The van der Waals surface area contributed by atoms with Crippen molar-refractivity contribution in [1.29, 1.82) is 0 Å². The quantitative estimate of drug-likeness (QED) is 0.910. The molecular weight excluding hydrogens is 244 g/mol. The molecule has 1 fully saturated rings. The van der Waals surface area contributed by atoms with Gasteiger partial charge in [-0.25, -0.2) is 0 Å². The van der Waals surface area contributed by atoms with Crippen molar-refractivity contribution >= 4 is 16.5 Å². The van der Waals surface area contributed by atoms with Gasteiger partial charge in [-0.1, -0.05) is 43.7 Å². The van der Waals surface area contributed by atoms with Crippen LogP contribution in [-0.4, -0.2) is 25.2 Å². The molecule has 1 aliphatic rings. The molecule has 106 valence electrons. The van der Waals surface area contributed by atoms with Crippen molar-refractivity contribution in [3.63, 3.8) is 0 Å². The molecular formula is C18H24N2. The Morgan fingerprint density at radius 3 is 2.75 bits per heavy atom. The molecule has 2 heteroatoms. The van der Waals surface area contributed by atoms with Crippen LogP contribution >= 0.6 is 0 Å². The lowest BCUT2D eigenvalue weighted by atomic mass is 10.0. The highest BCUT2D eigenvalue weighted by atomic mass is 15.2. The fourth-order valence-electron chi connectivity index (χ4n) is 3.19. The molecule has 0 radical (unpaired) electrons. The second kappa shape index (κ2) is 5.84. The summed E-state index contributed by atoms with van der Waals surface area (Å²) in [5.74, 6) is 0. The number of anilines is 1. The minimum atomic E-state index is 0.560. The summed E-state index contributed by atoms with van der Waals surface area (Å²) in [6.07, 6.45) is 2.51. The van der Waals surface area contributed by atoms with Crippen LogP contribution in [-0.2, 0) is 0 Å². The second-order valence-electron chi connectivity index (χ2n) is 5.93. The fourth-order valence-corrected chi connectivity index (χ4v) is 3.19. The summed E-state index contributed by atoms with van der Waals surface area (Å²) in [5.41, 5.74) is 1.36. The highest BCUT2D eigenvalue weighted by Crippen LogP contribution is 2.25. The normalized spacial score (nSPS) is 23.2. The molecule has 2 aromatic rings. The highest BCUT2D eigenvalue weighted by molar-refractivity contribution is 5.85. The van der Waals surface area contributed by atoms with Gasteiger partial charge in [0, 0.05) is 30.9 Å². The summed E-state index contributed by atoms with van der Waals surface area (Å²) in [6, 6.07) is 16.6. The average molecular weight is 268 g/mol. The van der Waals surface area contributed by atoms with Crippen molar-refractivity contribution in [3.05, 3.63) is 42.5 Å². The van der Waals surface area contributed by atoms with Crippen molar-refractivity contribution in [2.75, 3.05) is 18.0 Å². The summed E-state index contributed by atoms with van der Waals surface area (Å²) in [5, 5.41) is 6.32. The zero-order valence-electron chi connectivity index (χ0n) is 12.5. The second-order valence-corrected chi connectivity index (χ2v) is 5.93. The van der Waals surface area contributed by atoms with Crippen molar-refractivity contribution in [3.8, 4) is 0 Å². The zero-order chi connectivity index (χ0) is 13.9. The Balaban J connectivity index is 1.88. The van der Waals surface area contributed by atoms with Gasteiger partial charge in [0.25, 0.3) is 0 Å². The summed E-state index contributed by atoms with van der Waals surface area (Å²) >= 11 is 0. The third-order valence-electron chi connectivity index (χ3n) is 4.35. The van der Waals surface area contributed by atoms with Crippen molar-refractivity contribution < 1.29 is 0 Å². The van der Waals surface area contributed by atoms with E-state index in [-0.39, 0.29) is 0 Å². The highest BCUT2D eigenvalue weighted by Gasteiger charge is 2.24. The predicted molar refractivity (Wildman–Crippen MR) is 87.5 cm³/mol. The number of hydrogen-bond donors (Lipinski definition) is 1. The zero-order valence-corrected chi connectivity index (χ0v) is 12.5. The SMILES string of the molecule is CCCC1CN(c2ccc3ccccc3c2)C(C)CN1. The molecule has 1 saturated heterocycles. The maximum atomic E-state index is 3.67. The first kappa shape index (κ1) is 13.4. The van der Waals surface area contributed by atoms with E-state index in [4.69, 9.17) is 0 Å². The molecule has 0 aliphatic carbocycles. The van der Waals surface area contributed by atoms with Crippen LogP contribution < -0.4 is 10.2 Å². The van der Waals surface area contributed by atoms with E-state index in [2.05, 4.69) is 66.5 Å². The fraction of sp³-hybridized carbons (Fsp3) is 0.444. The van der Waals surface area contributed by atoms with Crippen LogP contribution in [0.25, 0.3) is 10.8 Å². The number of hydrogen-bond acceptors (Lipinski definition) is 2. The molecule has 0 bridgehead atoms. The monoisotopic (exact) mass is 268 g/mol. The molecule has 1 N–H and O–H groups in total. The maximum absolute atomic E-state index is 3.67. The molecule has 1 aliphatic heterocycles. The van der Waals surface area contributed by atoms with Gasteiger partial charge in [0.2, 0.25) is 0 Å². The molecule has 0 aromatic heterocycles. The number of piperazine rings is 1. The summed E-state index contributed by atoms with van der Waals surface area (Å²) in [7, 11) is 0. The van der Waals surface area contributed by atoms with Crippen LogP contribution in [0.5, 0.6) is 0 Å². The summed E-state index contributed by atoms with van der Waals surface area (Å²) < 4.78 is 0. The Bertz CT molecular complexity index is 578. The molecule has 0 saturated carbocycles. The Kier molecular flexibility index (Phi) is 3.93. The lowest BCUT2D eigenvalue weighted by Crippen LogP contribution is -2.55. The van der Waals surface area contributed by atoms with Gasteiger partial charge in [0.15, 0.2) is 0 Å². The van der Waals surface area contributed by atoms with Gasteiger partial charge in [-0.3, -0.25) is 0 Å². The number of rotatable bonds is 3. The topological polar surface area (TPSA) is 15.3 Å². The van der Waals surface area contributed by atoms with Crippen LogP contribution in [0.1, 0.15) is 26.7 Å². The molecule has 0 spiro atoms. The van der Waals surface area contributed by atoms with E-state index in [1.165, 1.54) is 29.3 Å². The van der Waals surface area contributed by atoms with Gasteiger partial charge in [-0.15, -0.1) is 0 Å². The van der Waals surface area contributed by atoms with Crippen molar-refractivity contribution in [2.45, 2.75) is 38.8 Å². The maximum Gasteiger partial charge on any atom is 0.0387 e. The van der Waals surface area contributed by atoms with E-state index in [0.717, 1.165) is 13.1 Å². The standard InChI is InChI=1S/C18H24N2/c1-3-6-17-13-20(14(2)12-19-17)18-10-9-15-7-4-5-8-16(15)11-18/h4-5,7-11,14,17,19H,3,6,12-13H2,1-2H3. The molecule has 2 aromatic carbocycles. The number of nitrogens with one attached hydrogen (secondary N) is 1. The van der Waals surface area contributed by atoms with Gasteiger partial charge >= 0.3 is 0 Å². The average Bonchev–Trinajstić information content (AvgIpc) is 2.49. The van der Waals surface area contributed by atoms with Gasteiger partial charge in [-0.2, -0.15) is 0 Å². The number of nitrogens with zero attached hydrogens (tertiary/aromatic N) is 1. The number of fused-ring (bicyclic) bond motifs is 1. The first-order valence-electron chi connectivity index (χ1n) is 7.76. The Hall–Kier alpha value is -1.54. The van der Waals surface area contributed by atoms with E-state index in [1.54, 1.807) is 0 Å². The van der Waals surface area contributed by atoms with E-state index in [1.807, 2.05) is 0 Å². The minimum Gasteiger partial charge on any atom is -0.366 e. The molecule has 0 amide bonds. The van der Waals surface area contributed by atoms with Crippen molar-refractivity contribution in [1.82, 2.24) is 5.32 Å². The Labute approximate surface area is 121 Å². The van der Waals surface area contributed by atoms with E-state index >= 15 is 0 Å². The largest absolute Gasteiger partial charge is 0.366 e. The van der Waals surface area contributed by atoms with E-state index in [0.29, 0.717) is 12.1 Å². The van der Waals surface area contributed by atoms with Crippen LogP contribution in [0.15, 0.2) is 42.5 Å². The van der Waals surface area contributed by atoms with Gasteiger partial charge in [0.05, 0.1) is 0 Å². The molecule has 2 nitrogen and oxygen atoms in total. The van der Waals surface area contributed by atoms with E-state index < -0.39 is 0 Å². The third kappa shape index (κ3) is 2.66. The van der Waals surface area contributed by atoms with Gasteiger partial charge < -0.3 is 10.2 Å². The number of benzene rings is 2. The molecule has 1 heterocycles. The Morgan fingerprint density at radius 1 is 1.15 bits per heavy atom. The van der Waals surface area contributed by atoms with Crippen LogP contribution in [0.2, 0.25) is 0 Å². The van der Waals surface area contributed by atoms with Crippen LogP contribution in [0.4, 0.5) is 5.69 Å². The lowest BCUT2D eigenvalue weighted by Gasteiger charge is -2.40. The molecule has 2 atom stereocenters. The predicted octanol–water partition coefficient (Wildman–Crippen LogP) is 3.81. The van der Waals surface area contributed by atoms with Gasteiger partial charge in [-0.05, 0) is 36.2 Å². The summed E-state index contributed by atoms with van der Waals surface area (Å²) in [4.78, 5) is 2.56. The minimum absolute atomic E-state index is 0.560. The third-order valence-corrected chi connectivity index (χ3v) is 4.35.